The molecule has 9 nitrogen and oxygen atoms in total. The molecule has 3 heterocycles. The SMILES string of the molecule is N#Cc1cc(NC(=O)c2cnn(-c3c(F)cc(F)cc3Cl)c2C(F)(F)F)cnc1-n1nccn1. The molecule has 0 unspecified atom stereocenters. The summed E-state index contributed by atoms with van der Waals surface area (Å²) in [7, 11) is 0. The van der Waals surface area contributed by atoms with E-state index >= 15 is 0 Å². The number of rotatable bonds is 4. The van der Waals surface area contributed by atoms with Crippen LogP contribution < -0.4 is 5.32 Å². The number of anilines is 1. The molecule has 0 aliphatic carbocycles. The molecule has 172 valence electrons. The number of pyridine rings is 1. The van der Waals surface area contributed by atoms with E-state index in [9.17, 15) is 32.0 Å². The van der Waals surface area contributed by atoms with E-state index in [-0.39, 0.29) is 21.8 Å². The van der Waals surface area contributed by atoms with Gasteiger partial charge in [-0.05, 0) is 12.1 Å². The second-order valence-electron chi connectivity index (χ2n) is 6.51. The first-order valence-corrected chi connectivity index (χ1v) is 9.36. The van der Waals surface area contributed by atoms with E-state index in [2.05, 4.69) is 25.6 Å². The molecule has 0 aliphatic rings. The molecule has 0 aliphatic heterocycles. The molecule has 0 atom stereocenters. The number of carbonyl (C=O) groups excluding carboxylic acids is 1. The Balaban J connectivity index is 1.74. The van der Waals surface area contributed by atoms with Crippen LogP contribution in [0.15, 0.2) is 43.0 Å². The van der Waals surface area contributed by atoms with E-state index in [0.29, 0.717) is 18.3 Å². The van der Waals surface area contributed by atoms with Gasteiger partial charge in [-0.2, -0.15) is 33.7 Å². The van der Waals surface area contributed by atoms with Crippen molar-refractivity contribution < 1.29 is 26.7 Å². The zero-order valence-corrected chi connectivity index (χ0v) is 17.1. The van der Waals surface area contributed by atoms with Crippen LogP contribution in [-0.2, 0) is 6.18 Å². The number of alkyl halides is 3. The number of hydrogen-bond acceptors (Lipinski definition) is 6. The quantitative estimate of drug-likeness (QED) is 0.430. The van der Waals surface area contributed by atoms with Crippen LogP contribution in [0.25, 0.3) is 11.5 Å². The van der Waals surface area contributed by atoms with Gasteiger partial charge in [-0.3, -0.25) is 4.79 Å². The van der Waals surface area contributed by atoms with Gasteiger partial charge in [0.2, 0.25) is 0 Å². The smallest absolute Gasteiger partial charge is 0.320 e. The molecule has 0 bridgehead atoms. The molecule has 1 N–H and O–H groups in total. The fraction of sp³-hybridized carbons (Fsp3) is 0.0526. The van der Waals surface area contributed by atoms with Crippen LogP contribution in [0, 0.1) is 23.0 Å². The number of carbonyl (C=O) groups is 1. The van der Waals surface area contributed by atoms with Crippen molar-refractivity contribution in [3.05, 3.63) is 76.5 Å². The van der Waals surface area contributed by atoms with Crippen LogP contribution in [0.3, 0.4) is 0 Å². The lowest BCUT2D eigenvalue weighted by Crippen LogP contribution is -2.21. The molecular weight excluding hydrogens is 487 g/mol. The maximum Gasteiger partial charge on any atom is 0.434 e. The fourth-order valence-electron chi connectivity index (χ4n) is 2.98. The monoisotopic (exact) mass is 494 g/mol. The number of hydrogen-bond donors (Lipinski definition) is 1. The molecule has 34 heavy (non-hydrogen) atoms. The predicted octanol–water partition coefficient (Wildman–Crippen LogP) is 3.92. The average Bonchev–Trinajstić information content (AvgIpc) is 3.43. The molecule has 3 aromatic heterocycles. The van der Waals surface area contributed by atoms with Crippen LogP contribution in [0.4, 0.5) is 27.6 Å². The third kappa shape index (κ3) is 4.16. The molecule has 15 heteroatoms. The van der Waals surface area contributed by atoms with Crippen LogP contribution in [0.5, 0.6) is 0 Å². The minimum absolute atomic E-state index is 0.0238. The van der Waals surface area contributed by atoms with Gasteiger partial charge in [-0.15, -0.1) is 4.80 Å². The molecule has 0 fully saturated rings. The van der Waals surface area contributed by atoms with Crippen molar-refractivity contribution in [2.24, 2.45) is 0 Å². The van der Waals surface area contributed by atoms with Crippen molar-refractivity contribution in [3.8, 4) is 17.6 Å². The number of halogens is 6. The van der Waals surface area contributed by atoms with Crippen molar-refractivity contribution in [1.29, 1.82) is 5.26 Å². The van der Waals surface area contributed by atoms with Crippen LogP contribution in [-0.4, -0.2) is 35.7 Å². The van der Waals surface area contributed by atoms with Gasteiger partial charge in [0, 0.05) is 6.07 Å². The fourth-order valence-corrected chi connectivity index (χ4v) is 3.26. The highest BCUT2D eigenvalue weighted by molar-refractivity contribution is 6.32. The summed E-state index contributed by atoms with van der Waals surface area (Å²) in [5, 5.41) is 21.9. The number of nitrogens with zero attached hydrogens (tertiary/aromatic N) is 7. The minimum Gasteiger partial charge on any atom is -0.320 e. The highest BCUT2D eigenvalue weighted by Crippen LogP contribution is 2.36. The zero-order chi connectivity index (χ0) is 24.6. The lowest BCUT2D eigenvalue weighted by atomic mass is 10.2. The second kappa shape index (κ2) is 8.52. The molecule has 0 saturated heterocycles. The third-order valence-electron chi connectivity index (χ3n) is 4.33. The van der Waals surface area contributed by atoms with E-state index in [0.717, 1.165) is 17.1 Å². The van der Waals surface area contributed by atoms with E-state index in [1.165, 1.54) is 12.4 Å². The van der Waals surface area contributed by atoms with E-state index < -0.39 is 45.7 Å². The zero-order valence-electron chi connectivity index (χ0n) is 16.3. The first kappa shape index (κ1) is 22.8. The normalized spacial score (nSPS) is 11.3. The Morgan fingerprint density at radius 2 is 1.79 bits per heavy atom. The van der Waals surface area contributed by atoms with Gasteiger partial charge < -0.3 is 5.32 Å². The molecule has 0 radical (unpaired) electrons. The number of nitriles is 1. The molecule has 4 aromatic rings. The lowest BCUT2D eigenvalue weighted by Gasteiger charge is -2.14. The van der Waals surface area contributed by atoms with Crippen molar-refractivity contribution >= 4 is 23.2 Å². The Kier molecular flexibility index (Phi) is 5.71. The molecule has 1 aromatic carbocycles. The first-order chi connectivity index (χ1) is 16.1. The van der Waals surface area contributed by atoms with Gasteiger partial charge in [0.15, 0.2) is 17.3 Å². The van der Waals surface area contributed by atoms with E-state index in [1.54, 1.807) is 0 Å². The number of amides is 1. The van der Waals surface area contributed by atoms with Crippen molar-refractivity contribution in [2.45, 2.75) is 6.18 Å². The molecular formula is C19H8ClF5N8O. The summed E-state index contributed by atoms with van der Waals surface area (Å²) in [5.74, 6) is -3.79. The third-order valence-corrected chi connectivity index (χ3v) is 4.62. The number of benzene rings is 1. The van der Waals surface area contributed by atoms with E-state index in [4.69, 9.17) is 11.6 Å². The van der Waals surface area contributed by atoms with Crippen molar-refractivity contribution in [2.75, 3.05) is 5.32 Å². The number of aromatic nitrogens is 6. The molecule has 0 saturated carbocycles. The van der Waals surface area contributed by atoms with E-state index in [1.807, 2.05) is 6.07 Å². The summed E-state index contributed by atoms with van der Waals surface area (Å²) < 4.78 is 69.2. The van der Waals surface area contributed by atoms with Gasteiger partial charge in [0.05, 0.1) is 41.1 Å². The Hall–Kier alpha value is -4.38. The Morgan fingerprint density at radius 3 is 2.41 bits per heavy atom. The topological polar surface area (TPSA) is 114 Å². The lowest BCUT2D eigenvalue weighted by molar-refractivity contribution is -0.143. The van der Waals surface area contributed by atoms with Crippen LogP contribution >= 0.6 is 11.6 Å². The molecule has 1 amide bonds. The van der Waals surface area contributed by atoms with Crippen LogP contribution in [0.2, 0.25) is 5.02 Å². The summed E-state index contributed by atoms with van der Waals surface area (Å²) in [6.07, 6.45) is -0.876. The van der Waals surface area contributed by atoms with Crippen LogP contribution in [0.1, 0.15) is 21.6 Å². The summed E-state index contributed by atoms with van der Waals surface area (Å²) >= 11 is 5.74. The van der Waals surface area contributed by atoms with Gasteiger partial charge in [-0.1, -0.05) is 11.6 Å². The minimum atomic E-state index is -5.18. The first-order valence-electron chi connectivity index (χ1n) is 8.98. The van der Waals surface area contributed by atoms with Gasteiger partial charge in [-0.25, -0.2) is 18.4 Å². The summed E-state index contributed by atoms with van der Waals surface area (Å²) in [5.41, 5.74) is -3.73. The van der Waals surface area contributed by atoms with Crippen molar-refractivity contribution in [3.63, 3.8) is 0 Å². The summed E-state index contributed by atoms with van der Waals surface area (Å²) in [6.45, 7) is 0. The Labute approximate surface area is 191 Å². The maximum atomic E-state index is 14.3. The predicted molar refractivity (Wildman–Crippen MR) is 105 cm³/mol. The average molecular weight is 495 g/mol. The van der Waals surface area contributed by atoms with Crippen molar-refractivity contribution in [1.82, 2.24) is 29.8 Å². The highest BCUT2D eigenvalue weighted by atomic mass is 35.5. The standard InChI is InChI=1S/C19H8ClF5N8O/c20-13-4-10(21)5-14(22)15(13)32-16(19(23,24)25)12(8-30-32)18(34)31-11-3-9(6-26)17(27-7-11)33-28-1-2-29-33/h1-5,7-8H,(H,31,34). The molecule has 4 rings (SSSR count). The van der Waals surface area contributed by atoms with Gasteiger partial charge in [0.25, 0.3) is 5.91 Å². The maximum absolute atomic E-state index is 14.3. The Bertz CT molecular complexity index is 1420. The number of nitrogens with one attached hydrogen (secondary N) is 1. The van der Waals surface area contributed by atoms with Gasteiger partial charge in [0.1, 0.15) is 23.1 Å². The second-order valence-corrected chi connectivity index (χ2v) is 6.92. The Morgan fingerprint density at radius 1 is 1.09 bits per heavy atom. The van der Waals surface area contributed by atoms with Gasteiger partial charge >= 0.3 is 6.18 Å². The highest BCUT2D eigenvalue weighted by Gasteiger charge is 2.41. The largest absolute Gasteiger partial charge is 0.434 e. The summed E-state index contributed by atoms with van der Waals surface area (Å²) in [4.78, 5) is 17.7. The summed E-state index contributed by atoms with van der Waals surface area (Å²) in [6, 6.07) is 3.90. The molecule has 0 spiro atoms.